The van der Waals surface area contributed by atoms with Gasteiger partial charge in [0.1, 0.15) is 27.3 Å². The lowest BCUT2D eigenvalue weighted by atomic mass is 10.1. The topological polar surface area (TPSA) is 115 Å². The van der Waals surface area contributed by atoms with Crippen molar-refractivity contribution in [2.45, 2.75) is 47.1 Å². The van der Waals surface area contributed by atoms with Crippen LogP contribution < -0.4 is 10.1 Å². The summed E-state index contributed by atoms with van der Waals surface area (Å²) in [4.78, 5) is 38.1. The summed E-state index contributed by atoms with van der Waals surface area (Å²) < 4.78 is 15.9. The average molecular weight is 485 g/mol. The Balaban J connectivity index is 2.34. The van der Waals surface area contributed by atoms with E-state index in [1.165, 1.54) is 6.08 Å². The first-order valence-electron chi connectivity index (χ1n) is 10.9. The third-order valence-corrected chi connectivity index (χ3v) is 5.60. The summed E-state index contributed by atoms with van der Waals surface area (Å²) in [6, 6.07) is 8.85. The quantitative estimate of drug-likeness (QED) is 0.282. The molecular formula is C25H28N2O6S. The molecule has 1 N–H and O–H groups in total. The number of ether oxygens (including phenoxy) is 3. The highest BCUT2D eigenvalue weighted by molar-refractivity contribution is 7.18. The Hall–Kier alpha value is -3.64. The van der Waals surface area contributed by atoms with E-state index in [2.05, 4.69) is 5.32 Å². The first-order valence-corrected chi connectivity index (χ1v) is 11.7. The Morgan fingerprint density at radius 1 is 1.15 bits per heavy atom. The van der Waals surface area contributed by atoms with Crippen LogP contribution in [-0.2, 0) is 14.3 Å². The van der Waals surface area contributed by atoms with Gasteiger partial charge in [-0.05, 0) is 63.5 Å². The van der Waals surface area contributed by atoms with Crippen molar-refractivity contribution >= 4 is 40.3 Å². The van der Waals surface area contributed by atoms with Crippen LogP contribution in [0.3, 0.4) is 0 Å². The van der Waals surface area contributed by atoms with Crippen molar-refractivity contribution in [3.8, 4) is 11.8 Å². The van der Waals surface area contributed by atoms with Crippen LogP contribution in [0.2, 0.25) is 0 Å². The van der Waals surface area contributed by atoms with Crippen LogP contribution in [0.15, 0.2) is 29.8 Å². The van der Waals surface area contributed by atoms with Crippen molar-refractivity contribution in [1.29, 1.82) is 5.26 Å². The van der Waals surface area contributed by atoms with Crippen molar-refractivity contribution in [1.82, 2.24) is 0 Å². The molecule has 0 radical (unpaired) electrons. The molecule has 1 amide bonds. The van der Waals surface area contributed by atoms with Gasteiger partial charge in [0.05, 0.1) is 24.9 Å². The number of carbonyl (C=O) groups is 3. The zero-order valence-electron chi connectivity index (χ0n) is 19.9. The Bertz CT molecular complexity index is 1110. The summed E-state index contributed by atoms with van der Waals surface area (Å²) in [5, 5.41) is 12.2. The number of thiophene rings is 1. The molecule has 1 aromatic carbocycles. The molecule has 0 atom stereocenters. The van der Waals surface area contributed by atoms with E-state index in [0.29, 0.717) is 23.5 Å². The highest BCUT2D eigenvalue weighted by Crippen LogP contribution is 2.35. The third-order valence-electron chi connectivity index (χ3n) is 4.41. The predicted octanol–water partition coefficient (Wildman–Crippen LogP) is 5.13. The predicted molar refractivity (Wildman–Crippen MR) is 130 cm³/mol. The minimum Gasteiger partial charge on any atom is -0.494 e. The molecule has 0 aliphatic rings. The molecule has 0 spiro atoms. The molecular weight excluding hydrogens is 456 g/mol. The minimum absolute atomic E-state index is 0.0608. The Labute approximate surface area is 203 Å². The van der Waals surface area contributed by atoms with Crippen LogP contribution in [0.4, 0.5) is 5.00 Å². The minimum atomic E-state index is -0.718. The number of esters is 2. The number of nitriles is 1. The molecule has 2 aromatic rings. The third kappa shape index (κ3) is 6.93. The maximum Gasteiger partial charge on any atom is 0.348 e. The summed E-state index contributed by atoms with van der Waals surface area (Å²) >= 11 is 0.902. The number of benzene rings is 1. The Morgan fingerprint density at radius 2 is 1.82 bits per heavy atom. The molecule has 0 saturated heterocycles. The van der Waals surface area contributed by atoms with Crippen LogP contribution in [0.1, 0.15) is 65.3 Å². The SMILES string of the molecule is CCCOc1ccc(/C=C(/C#N)C(=O)Nc2sc(C(=O)OC(C)C)c(C)c2C(=O)OCC)cc1. The molecule has 0 unspecified atom stereocenters. The molecule has 0 aliphatic heterocycles. The van der Waals surface area contributed by atoms with Crippen molar-refractivity contribution < 1.29 is 28.6 Å². The molecule has 0 bridgehead atoms. The van der Waals surface area contributed by atoms with Crippen LogP contribution in [-0.4, -0.2) is 37.2 Å². The summed E-state index contributed by atoms with van der Waals surface area (Å²) in [7, 11) is 0. The fraction of sp³-hybridized carbons (Fsp3) is 0.360. The van der Waals surface area contributed by atoms with Gasteiger partial charge in [0.15, 0.2) is 0 Å². The van der Waals surface area contributed by atoms with Gasteiger partial charge in [-0.2, -0.15) is 5.26 Å². The molecule has 34 heavy (non-hydrogen) atoms. The zero-order valence-corrected chi connectivity index (χ0v) is 20.7. The number of rotatable bonds is 10. The van der Waals surface area contributed by atoms with Crippen LogP contribution in [0.25, 0.3) is 6.08 Å². The second-order valence-electron chi connectivity index (χ2n) is 7.48. The van der Waals surface area contributed by atoms with Crippen molar-refractivity contribution in [3.05, 3.63) is 51.4 Å². The molecule has 2 rings (SSSR count). The maximum atomic E-state index is 12.9. The Kier molecular flexibility index (Phi) is 9.83. The van der Waals surface area contributed by atoms with Crippen molar-refractivity contribution in [2.75, 3.05) is 18.5 Å². The molecule has 0 saturated carbocycles. The van der Waals surface area contributed by atoms with Gasteiger partial charge >= 0.3 is 11.9 Å². The zero-order chi connectivity index (χ0) is 25.3. The number of hydrogen-bond acceptors (Lipinski definition) is 8. The second-order valence-corrected chi connectivity index (χ2v) is 8.50. The Morgan fingerprint density at radius 3 is 2.38 bits per heavy atom. The van der Waals surface area contributed by atoms with Gasteiger partial charge in [-0.25, -0.2) is 9.59 Å². The van der Waals surface area contributed by atoms with E-state index in [-0.39, 0.29) is 33.7 Å². The average Bonchev–Trinajstić information content (AvgIpc) is 3.12. The standard InChI is InChI=1S/C25H28N2O6S/c1-6-12-32-19-10-8-17(9-11-19)13-18(14-26)22(28)27-23-20(24(29)31-7-2)16(5)21(34-23)25(30)33-15(3)4/h8-11,13,15H,6-7,12H2,1-5H3,(H,27,28)/b18-13-. The molecule has 9 heteroatoms. The van der Waals surface area contributed by atoms with E-state index < -0.39 is 17.8 Å². The van der Waals surface area contributed by atoms with E-state index in [1.54, 1.807) is 52.0 Å². The summed E-state index contributed by atoms with van der Waals surface area (Å²) in [5.74, 6) is -1.31. The van der Waals surface area contributed by atoms with E-state index >= 15 is 0 Å². The van der Waals surface area contributed by atoms with E-state index in [4.69, 9.17) is 14.2 Å². The van der Waals surface area contributed by atoms with Gasteiger partial charge in [0, 0.05) is 0 Å². The van der Waals surface area contributed by atoms with Gasteiger partial charge in [-0.15, -0.1) is 11.3 Å². The molecule has 180 valence electrons. The van der Waals surface area contributed by atoms with E-state index in [0.717, 1.165) is 17.8 Å². The van der Waals surface area contributed by atoms with Gasteiger partial charge in [0.2, 0.25) is 0 Å². The monoisotopic (exact) mass is 484 g/mol. The highest BCUT2D eigenvalue weighted by atomic mass is 32.1. The van der Waals surface area contributed by atoms with Crippen LogP contribution in [0.5, 0.6) is 5.75 Å². The van der Waals surface area contributed by atoms with Gasteiger partial charge in [-0.3, -0.25) is 4.79 Å². The lowest BCUT2D eigenvalue weighted by Gasteiger charge is -2.07. The summed E-state index contributed by atoms with van der Waals surface area (Å²) in [6.45, 7) is 9.38. The fourth-order valence-electron chi connectivity index (χ4n) is 2.88. The number of anilines is 1. The number of nitrogens with zero attached hydrogens (tertiary/aromatic N) is 1. The molecule has 1 heterocycles. The first-order chi connectivity index (χ1) is 16.2. The van der Waals surface area contributed by atoms with Crippen LogP contribution >= 0.6 is 11.3 Å². The molecule has 0 aliphatic carbocycles. The lowest BCUT2D eigenvalue weighted by molar-refractivity contribution is -0.112. The maximum absolute atomic E-state index is 12.9. The first kappa shape index (κ1) is 26.6. The van der Waals surface area contributed by atoms with Crippen LogP contribution in [0, 0.1) is 18.3 Å². The summed E-state index contributed by atoms with van der Waals surface area (Å²) in [6.07, 6.45) is 1.95. The highest BCUT2D eigenvalue weighted by Gasteiger charge is 2.28. The largest absolute Gasteiger partial charge is 0.494 e. The van der Waals surface area contributed by atoms with Crippen molar-refractivity contribution in [2.24, 2.45) is 0 Å². The molecule has 8 nitrogen and oxygen atoms in total. The fourth-order valence-corrected chi connectivity index (χ4v) is 3.95. The van der Waals surface area contributed by atoms with Gasteiger partial charge < -0.3 is 19.5 Å². The van der Waals surface area contributed by atoms with Crippen molar-refractivity contribution in [3.63, 3.8) is 0 Å². The van der Waals surface area contributed by atoms with Gasteiger partial charge in [-0.1, -0.05) is 19.1 Å². The molecule has 0 fully saturated rings. The van der Waals surface area contributed by atoms with E-state index in [9.17, 15) is 19.6 Å². The number of carbonyl (C=O) groups excluding carboxylic acids is 3. The normalized spacial score (nSPS) is 11.0. The van der Waals surface area contributed by atoms with E-state index in [1.807, 2.05) is 13.0 Å². The number of hydrogen-bond donors (Lipinski definition) is 1. The smallest absolute Gasteiger partial charge is 0.348 e. The van der Waals surface area contributed by atoms with Gasteiger partial charge in [0.25, 0.3) is 5.91 Å². The number of nitrogens with one attached hydrogen (secondary N) is 1. The molecule has 1 aromatic heterocycles. The lowest BCUT2D eigenvalue weighted by Crippen LogP contribution is -2.16. The number of amides is 1. The summed E-state index contributed by atoms with van der Waals surface area (Å²) in [5.41, 5.74) is 0.860. The second kappa shape index (κ2) is 12.6.